The highest BCUT2D eigenvalue weighted by atomic mass is 35.5. The Kier molecular flexibility index (Phi) is 5.20. The molecule has 3 heterocycles. The van der Waals surface area contributed by atoms with E-state index in [1.807, 2.05) is 0 Å². The van der Waals surface area contributed by atoms with Gasteiger partial charge >= 0.3 is 6.09 Å². The zero-order chi connectivity index (χ0) is 19.2. The zero-order valence-corrected chi connectivity index (χ0v) is 16.1. The molecule has 2 N–H and O–H groups in total. The molecule has 0 aromatic rings. The van der Waals surface area contributed by atoms with Gasteiger partial charge in [-0.15, -0.1) is 11.6 Å². The summed E-state index contributed by atoms with van der Waals surface area (Å²) in [6, 6.07) is 0. The first-order chi connectivity index (χ1) is 12.1. The summed E-state index contributed by atoms with van der Waals surface area (Å²) >= 11 is 5.56. The number of ether oxygens (including phenoxy) is 6. The van der Waals surface area contributed by atoms with Crippen LogP contribution in [-0.4, -0.2) is 85.5 Å². The molecule has 3 saturated heterocycles. The van der Waals surface area contributed by atoms with Gasteiger partial charge in [-0.25, -0.2) is 4.79 Å². The number of methoxy groups -OCH3 is 1. The van der Waals surface area contributed by atoms with Crippen LogP contribution in [0.15, 0.2) is 0 Å². The van der Waals surface area contributed by atoms with E-state index in [2.05, 4.69) is 5.32 Å². The van der Waals surface area contributed by atoms with Crippen molar-refractivity contribution in [2.45, 2.75) is 55.8 Å². The number of halogens is 1. The van der Waals surface area contributed by atoms with Crippen LogP contribution in [0.1, 0.15) is 20.8 Å². The number of amides is 1. The Morgan fingerprint density at radius 2 is 1.96 bits per heavy atom. The normalized spacial score (nSPS) is 44.1. The standard InChI is InChI=1S/C16H26ClNO8/c1-13(2)23-9-15(26-13)16(20,14(3)8-24-14)11(21-4)10(7-22-15)25-12(19)18-6-5-17/h10-11,20H,5-9H2,1-4H3,(H,18,19)/t10-,11-,14?,15+,16+/m1/s1. The summed E-state index contributed by atoms with van der Waals surface area (Å²) in [6.45, 7) is 5.67. The zero-order valence-electron chi connectivity index (χ0n) is 15.4. The third-order valence-corrected chi connectivity index (χ3v) is 5.28. The maximum absolute atomic E-state index is 12.0. The Hall–Kier alpha value is -0.680. The first kappa shape index (κ1) is 20.1. The van der Waals surface area contributed by atoms with Crippen molar-refractivity contribution in [1.82, 2.24) is 5.32 Å². The molecule has 0 bridgehead atoms. The lowest BCUT2D eigenvalue weighted by atomic mass is 9.73. The number of hydrogen-bond donors (Lipinski definition) is 2. The summed E-state index contributed by atoms with van der Waals surface area (Å²) in [7, 11) is 1.42. The molecular weight excluding hydrogens is 370 g/mol. The number of alkyl halides is 1. The second kappa shape index (κ2) is 6.73. The van der Waals surface area contributed by atoms with Gasteiger partial charge in [0.25, 0.3) is 0 Å². The molecule has 3 aliphatic rings. The van der Waals surface area contributed by atoms with Crippen molar-refractivity contribution in [1.29, 1.82) is 0 Å². The third kappa shape index (κ3) is 3.09. The maximum Gasteiger partial charge on any atom is 0.407 e. The largest absolute Gasteiger partial charge is 0.441 e. The molecule has 3 rings (SSSR count). The van der Waals surface area contributed by atoms with Gasteiger partial charge in [-0.2, -0.15) is 0 Å². The number of rotatable bonds is 5. The Balaban J connectivity index is 1.88. The highest BCUT2D eigenvalue weighted by Crippen LogP contribution is 2.55. The number of nitrogens with one attached hydrogen (secondary N) is 1. The highest BCUT2D eigenvalue weighted by Gasteiger charge is 2.78. The van der Waals surface area contributed by atoms with Gasteiger partial charge in [0.2, 0.25) is 5.79 Å². The van der Waals surface area contributed by atoms with Gasteiger partial charge in [-0.05, 0) is 20.8 Å². The quantitative estimate of drug-likeness (QED) is 0.507. The lowest BCUT2D eigenvalue weighted by molar-refractivity contribution is -0.391. The molecule has 1 amide bonds. The molecule has 5 atom stereocenters. The Labute approximate surface area is 157 Å². The summed E-state index contributed by atoms with van der Waals surface area (Å²) in [6.07, 6.45) is -2.51. The minimum Gasteiger partial charge on any atom is -0.441 e. The molecular formula is C16H26ClNO8. The predicted octanol–water partition coefficient (Wildman–Crippen LogP) is 0.364. The Morgan fingerprint density at radius 1 is 1.27 bits per heavy atom. The maximum atomic E-state index is 12.0. The number of carbonyl (C=O) groups is 1. The first-order valence-electron chi connectivity index (χ1n) is 8.51. The van der Waals surface area contributed by atoms with E-state index in [1.54, 1.807) is 20.8 Å². The molecule has 0 radical (unpaired) electrons. The molecule has 150 valence electrons. The third-order valence-electron chi connectivity index (χ3n) is 5.09. The van der Waals surface area contributed by atoms with Gasteiger partial charge in [0, 0.05) is 19.5 Å². The summed E-state index contributed by atoms with van der Waals surface area (Å²) < 4.78 is 34.0. The van der Waals surface area contributed by atoms with Crippen molar-refractivity contribution in [3.05, 3.63) is 0 Å². The summed E-state index contributed by atoms with van der Waals surface area (Å²) in [5.41, 5.74) is -2.76. The minimum absolute atomic E-state index is 0.0134. The minimum atomic E-state index is -1.77. The van der Waals surface area contributed by atoms with Gasteiger partial charge in [-0.3, -0.25) is 0 Å². The lowest BCUT2D eigenvalue weighted by Gasteiger charge is -2.53. The molecule has 0 aromatic heterocycles. The van der Waals surface area contributed by atoms with Crippen LogP contribution in [0.3, 0.4) is 0 Å². The molecule has 9 nitrogen and oxygen atoms in total. The molecule has 1 unspecified atom stereocenters. The fourth-order valence-electron chi connectivity index (χ4n) is 3.66. The van der Waals surface area contributed by atoms with Crippen molar-refractivity contribution in [3.8, 4) is 0 Å². The van der Waals surface area contributed by atoms with Gasteiger partial charge < -0.3 is 38.8 Å². The van der Waals surface area contributed by atoms with Crippen LogP contribution in [0.5, 0.6) is 0 Å². The summed E-state index contributed by atoms with van der Waals surface area (Å²) in [4.78, 5) is 12.0. The van der Waals surface area contributed by atoms with Crippen LogP contribution in [0.2, 0.25) is 0 Å². The molecule has 0 aromatic carbocycles. The van der Waals surface area contributed by atoms with Crippen LogP contribution in [0, 0.1) is 0 Å². The van der Waals surface area contributed by atoms with E-state index in [0.717, 1.165) is 0 Å². The Bertz CT molecular complexity index is 556. The van der Waals surface area contributed by atoms with Crippen molar-refractivity contribution in [2.24, 2.45) is 0 Å². The topological polar surface area (TPSA) is 108 Å². The second-order valence-corrected chi connectivity index (χ2v) is 7.73. The molecule has 1 spiro atoms. The van der Waals surface area contributed by atoms with E-state index >= 15 is 0 Å². The average molecular weight is 396 g/mol. The van der Waals surface area contributed by atoms with Crippen molar-refractivity contribution >= 4 is 17.7 Å². The van der Waals surface area contributed by atoms with Crippen molar-refractivity contribution in [2.75, 3.05) is 39.4 Å². The van der Waals surface area contributed by atoms with Gasteiger partial charge in [0.15, 0.2) is 17.5 Å². The van der Waals surface area contributed by atoms with Crippen LogP contribution in [0.4, 0.5) is 4.79 Å². The number of alkyl carbamates (subject to hydrolysis) is 1. The van der Waals surface area contributed by atoms with E-state index in [0.29, 0.717) is 0 Å². The van der Waals surface area contributed by atoms with E-state index in [4.69, 9.17) is 40.0 Å². The van der Waals surface area contributed by atoms with Crippen LogP contribution in [0.25, 0.3) is 0 Å². The first-order valence-corrected chi connectivity index (χ1v) is 9.04. The van der Waals surface area contributed by atoms with Gasteiger partial charge in [0.05, 0.1) is 13.2 Å². The van der Waals surface area contributed by atoms with E-state index in [9.17, 15) is 9.90 Å². The van der Waals surface area contributed by atoms with Crippen molar-refractivity contribution in [3.63, 3.8) is 0 Å². The fraction of sp³-hybridized carbons (Fsp3) is 0.938. The van der Waals surface area contributed by atoms with E-state index < -0.39 is 41.1 Å². The second-order valence-electron chi connectivity index (χ2n) is 7.36. The molecule has 3 aliphatic heterocycles. The van der Waals surface area contributed by atoms with Gasteiger partial charge in [0.1, 0.15) is 18.3 Å². The van der Waals surface area contributed by atoms with Crippen LogP contribution >= 0.6 is 11.6 Å². The van der Waals surface area contributed by atoms with Crippen molar-refractivity contribution < 1.29 is 38.3 Å². The molecule has 26 heavy (non-hydrogen) atoms. The summed E-state index contributed by atoms with van der Waals surface area (Å²) in [5, 5.41) is 14.3. The number of aliphatic hydroxyl groups is 1. The predicted molar refractivity (Wildman–Crippen MR) is 88.9 cm³/mol. The molecule has 0 aliphatic carbocycles. The fourth-order valence-corrected chi connectivity index (χ4v) is 3.76. The van der Waals surface area contributed by atoms with E-state index in [-0.39, 0.29) is 32.2 Å². The SMILES string of the molecule is CO[C@@H]1[C@H](OC(=O)NCCCl)CO[C@]2(COC(C)(C)O2)[C@@]1(O)C1(C)CO1. The number of epoxide rings is 1. The summed E-state index contributed by atoms with van der Waals surface area (Å²) in [5.74, 6) is -2.21. The van der Waals surface area contributed by atoms with Gasteiger partial charge in [-0.1, -0.05) is 0 Å². The molecule has 10 heteroatoms. The number of carbonyl (C=O) groups excluding carboxylic acids is 1. The highest BCUT2D eigenvalue weighted by molar-refractivity contribution is 6.18. The molecule has 0 saturated carbocycles. The van der Waals surface area contributed by atoms with Crippen LogP contribution in [-0.2, 0) is 28.4 Å². The Morgan fingerprint density at radius 3 is 2.46 bits per heavy atom. The smallest absolute Gasteiger partial charge is 0.407 e. The average Bonchev–Trinajstić information content (AvgIpc) is 3.25. The number of hydrogen-bond acceptors (Lipinski definition) is 8. The molecule has 3 fully saturated rings. The van der Waals surface area contributed by atoms with E-state index in [1.165, 1.54) is 7.11 Å². The van der Waals surface area contributed by atoms with Crippen LogP contribution < -0.4 is 5.32 Å². The monoisotopic (exact) mass is 395 g/mol. The lowest BCUT2D eigenvalue weighted by Crippen LogP contribution is -2.77.